The van der Waals surface area contributed by atoms with Crippen molar-refractivity contribution in [1.29, 1.82) is 0 Å². The maximum absolute atomic E-state index is 7.68. The molecule has 1 aromatic heterocycles. The fourth-order valence-electron chi connectivity index (χ4n) is 8.72. The quantitative estimate of drug-likeness (QED) is 0.308. The van der Waals surface area contributed by atoms with E-state index < -0.39 is 8.32 Å². The number of ether oxygens (including phenoxy) is 2. The maximum Gasteiger partial charge on any atom is 0.192 e. The highest BCUT2D eigenvalue weighted by Gasteiger charge is 2.57. The number of rotatable bonds is 5. The number of hydrogen-bond acceptors (Lipinski definition) is 4. The van der Waals surface area contributed by atoms with Gasteiger partial charge in [0, 0.05) is 36.0 Å². The van der Waals surface area contributed by atoms with Gasteiger partial charge in [-0.15, -0.1) is 0 Å². The second kappa shape index (κ2) is 11.6. The third-order valence-corrected chi connectivity index (χ3v) is 16.8. The lowest BCUT2D eigenvalue weighted by molar-refractivity contribution is -0.0892. The van der Waals surface area contributed by atoms with Gasteiger partial charge < -0.3 is 13.9 Å². The zero-order chi connectivity index (χ0) is 32.6. The van der Waals surface area contributed by atoms with Gasteiger partial charge in [-0.3, -0.25) is 4.98 Å². The van der Waals surface area contributed by atoms with E-state index in [4.69, 9.17) is 18.9 Å². The molecule has 1 aromatic carbocycles. The average Bonchev–Trinajstić information content (AvgIpc) is 3.52. The van der Waals surface area contributed by atoms with Gasteiger partial charge in [0.25, 0.3) is 0 Å². The average molecular weight is 632 g/mol. The van der Waals surface area contributed by atoms with Crippen LogP contribution in [0.4, 0.5) is 0 Å². The molecule has 6 rings (SSSR count). The Hall–Kier alpha value is -1.53. The second-order valence-corrected chi connectivity index (χ2v) is 23.0. The van der Waals surface area contributed by atoms with Crippen molar-refractivity contribution in [2.75, 3.05) is 13.2 Å². The molecule has 2 aliphatic carbocycles. The van der Waals surface area contributed by atoms with Crippen molar-refractivity contribution >= 4 is 8.32 Å². The molecular formula is C40H61NO3Si. The fourth-order valence-corrected chi connectivity index (χ4v) is 9.98. The summed E-state index contributed by atoms with van der Waals surface area (Å²) in [6.45, 7) is 27.7. The summed E-state index contributed by atoms with van der Waals surface area (Å²) in [5, 5.41) is 0.137. The van der Waals surface area contributed by atoms with E-state index in [-0.39, 0.29) is 33.7 Å². The molecule has 3 heterocycles. The van der Waals surface area contributed by atoms with Crippen LogP contribution in [0.15, 0.2) is 24.3 Å². The topological polar surface area (TPSA) is 40.6 Å². The minimum absolute atomic E-state index is 0.0511. The molecule has 4 nitrogen and oxygen atoms in total. The molecule has 248 valence electrons. The van der Waals surface area contributed by atoms with E-state index in [9.17, 15) is 0 Å². The molecule has 1 saturated heterocycles. The van der Waals surface area contributed by atoms with E-state index in [2.05, 4.69) is 99.7 Å². The zero-order valence-corrected chi connectivity index (χ0v) is 31.4. The Balaban J connectivity index is 1.63. The molecule has 4 atom stereocenters. The third-order valence-electron chi connectivity index (χ3n) is 12.3. The molecule has 4 unspecified atom stereocenters. The molecule has 2 aromatic rings. The molecule has 1 spiro atoms. The molecule has 0 radical (unpaired) electrons. The molecular weight excluding hydrogens is 571 g/mol. The van der Waals surface area contributed by atoms with Crippen molar-refractivity contribution in [3.8, 4) is 0 Å². The summed E-state index contributed by atoms with van der Waals surface area (Å²) >= 11 is 0. The molecule has 2 aliphatic heterocycles. The van der Waals surface area contributed by atoms with Crippen molar-refractivity contribution < 1.29 is 13.9 Å². The van der Waals surface area contributed by atoms with Crippen LogP contribution in [0.2, 0.25) is 18.1 Å². The second-order valence-electron chi connectivity index (χ2n) is 18.2. The van der Waals surface area contributed by atoms with E-state index in [0.717, 1.165) is 51.7 Å². The summed E-state index contributed by atoms with van der Waals surface area (Å²) in [6.07, 6.45) is 8.74. The molecule has 2 fully saturated rings. The van der Waals surface area contributed by atoms with E-state index in [1.165, 1.54) is 52.0 Å². The molecule has 45 heavy (non-hydrogen) atoms. The molecule has 0 bridgehead atoms. The first-order valence-electron chi connectivity index (χ1n) is 18.1. The first-order valence-corrected chi connectivity index (χ1v) is 21.0. The molecule has 0 N–H and O–H groups in total. The van der Waals surface area contributed by atoms with Crippen LogP contribution in [0.1, 0.15) is 165 Å². The Morgan fingerprint density at radius 1 is 0.956 bits per heavy atom. The van der Waals surface area contributed by atoms with Crippen molar-refractivity contribution in [1.82, 2.24) is 4.98 Å². The van der Waals surface area contributed by atoms with Gasteiger partial charge in [-0.05, 0) is 96.5 Å². The summed E-state index contributed by atoms with van der Waals surface area (Å²) in [5.74, 6) is 0.909. The fraction of sp³-hybridized carbons (Fsp3) is 0.725. The summed E-state index contributed by atoms with van der Waals surface area (Å²) in [5.41, 5.74) is 9.52. The molecule has 4 aliphatic rings. The van der Waals surface area contributed by atoms with Crippen molar-refractivity contribution in [3.63, 3.8) is 0 Å². The van der Waals surface area contributed by atoms with E-state index in [1.807, 2.05) is 0 Å². The van der Waals surface area contributed by atoms with E-state index in [0.29, 0.717) is 11.8 Å². The number of nitrogens with zero attached hydrogens (tertiary/aromatic N) is 1. The van der Waals surface area contributed by atoms with Crippen LogP contribution >= 0.6 is 0 Å². The van der Waals surface area contributed by atoms with Gasteiger partial charge in [-0.2, -0.15) is 0 Å². The lowest BCUT2D eigenvalue weighted by Gasteiger charge is -2.46. The number of pyridine rings is 1. The Labute approximate surface area is 275 Å². The minimum Gasteiger partial charge on any atom is -0.410 e. The van der Waals surface area contributed by atoms with Crippen LogP contribution in [0.3, 0.4) is 0 Å². The van der Waals surface area contributed by atoms with Crippen molar-refractivity contribution in [2.45, 2.75) is 161 Å². The predicted molar refractivity (Wildman–Crippen MR) is 188 cm³/mol. The van der Waals surface area contributed by atoms with Crippen molar-refractivity contribution in [2.24, 2.45) is 11.3 Å². The van der Waals surface area contributed by atoms with E-state index in [1.54, 1.807) is 0 Å². The summed E-state index contributed by atoms with van der Waals surface area (Å²) < 4.78 is 21.1. The highest BCUT2D eigenvalue weighted by molar-refractivity contribution is 6.74. The monoisotopic (exact) mass is 631 g/mol. The Morgan fingerprint density at radius 3 is 2.22 bits per heavy atom. The SMILES string of the molecule is CCC1CCCC12OC(c1ccc(C(C)(C)C)cc1)c1c(C3CCOCC3)nc3c(c12)C(O[Si](C)(C)C(C)(C)C)CC(C)(C)C3. The van der Waals surface area contributed by atoms with Crippen LogP contribution in [0.5, 0.6) is 0 Å². The van der Waals surface area contributed by atoms with Crippen LogP contribution in [0.25, 0.3) is 0 Å². The first kappa shape index (κ1) is 33.4. The van der Waals surface area contributed by atoms with Gasteiger partial charge in [-0.1, -0.05) is 93.0 Å². The lowest BCUT2D eigenvalue weighted by Crippen LogP contribution is -2.44. The summed E-state index contributed by atoms with van der Waals surface area (Å²) in [6, 6.07) is 9.37. The predicted octanol–water partition coefficient (Wildman–Crippen LogP) is 10.8. The number of hydrogen-bond donors (Lipinski definition) is 0. The smallest absolute Gasteiger partial charge is 0.192 e. The summed E-state index contributed by atoms with van der Waals surface area (Å²) in [7, 11) is -2.07. The summed E-state index contributed by atoms with van der Waals surface area (Å²) in [4.78, 5) is 5.78. The lowest BCUT2D eigenvalue weighted by atomic mass is 9.69. The van der Waals surface area contributed by atoms with Gasteiger partial charge in [0.2, 0.25) is 0 Å². The normalized spacial score (nSPS) is 28.8. The van der Waals surface area contributed by atoms with Crippen molar-refractivity contribution in [3.05, 3.63) is 63.5 Å². The minimum atomic E-state index is -2.07. The van der Waals surface area contributed by atoms with Crippen LogP contribution in [-0.4, -0.2) is 26.5 Å². The Morgan fingerprint density at radius 2 is 1.62 bits per heavy atom. The Kier molecular flexibility index (Phi) is 8.58. The van der Waals surface area contributed by atoms with Crippen LogP contribution in [0, 0.1) is 11.3 Å². The highest BCUT2D eigenvalue weighted by atomic mass is 28.4. The van der Waals surface area contributed by atoms with Crippen LogP contribution in [-0.2, 0) is 31.3 Å². The zero-order valence-electron chi connectivity index (χ0n) is 30.4. The highest BCUT2D eigenvalue weighted by Crippen LogP contribution is 2.63. The van der Waals surface area contributed by atoms with Gasteiger partial charge in [-0.25, -0.2) is 0 Å². The molecule has 0 amide bonds. The van der Waals surface area contributed by atoms with Gasteiger partial charge in [0.05, 0.1) is 17.4 Å². The van der Waals surface area contributed by atoms with Crippen LogP contribution < -0.4 is 0 Å². The number of fused-ring (bicyclic) bond motifs is 4. The van der Waals surface area contributed by atoms with Gasteiger partial charge in [0.15, 0.2) is 8.32 Å². The first-order chi connectivity index (χ1) is 21.0. The Bertz CT molecular complexity index is 1390. The molecule has 5 heteroatoms. The van der Waals surface area contributed by atoms with E-state index >= 15 is 0 Å². The maximum atomic E-state index is 7.68. The largest absolute Gasteiger partial charge is 0.410 e. The number of aromatic nitrogens is 1. The van der Waals surface area contributed by atoms with Gasteiger partial charge >= 0.3 is 0 Å². The third kappa shape index (κ3) is 5.91. The number of benzene rings is 1. The molecule has 1 saturated carbocycles. The van der Waals surface area contributed by atoms with Gasteiger partial charge in [0.1, 0.15) is 6.10 Å². The standard InChI is InChI=1S/C40H61NO3Si/c1-12-28-14-13-21-40(28)34-32-30(24-39(8,9)25-31(32)44-45(10,11)38(5,6)7)41-35(26-19-22-42-23-20-26)33(34)36(43-40)27-15-17-29(18-16-27)37(2,3)4/h15-18,26,28,31,36H,12-14,19-25H2,1-11H3.